The Hall–Kier alpha value is -3.45. The molecule has 5 rings (SSSR count). The van der Waals surface area contributed by atoms with Crippen molar-refractivity contribution in [1.29, 1.82) is 0 Å². The Bertz CT molecular complexity index is 1260. The van der Waals surface area contributed by atoms with Gasteiger partial charge in [0.2, 0.25) is 0 Å². The summed E-state index contributed by atoms with van der Waals surface area (Å²) >= 11 is 1.63. The lowest BCUT2D eigenvalue weighted by Gasteiger charge is -2.09. The molecule has 0 bridgehead atoms. The summed E-state index contributed by atoms with van der Waals surface area (Å²) in [6.45, 7) is 2.08. The summed E-state index contributed by atoms with van der Waals surface area (Å²) in [7, 11) is 0. The van der Waals surface area contributed by atoms with E-state index in [9.17, 15) is 0 Å². The predicted molar refractivity (Wildman–Crippen MR) is 114 cm³/mol. The monoisotopic (exact) mass is 398 g/mol. The molecule has 0 radical (unpaired) electrons. The number of aromatic nitrogens is 6. The van der Waals surface area contributed by atoms with Crippen LogP contribution in [0.25, 0.3) is 22.7 Å². The normalized spacial score (nSPS) is 11.2. The highest BCUT2D eigenvalue weighted by Gasteiger charge is 2.16. The lowest BCUT2D eigenvalue weighted by atomic mass is 10.2. The van der Waals surface area contributed by atoms with E-state index in [1.54, 1.807) is 24.2 Å². The maximum Gasteiger partial charge on any atom is 0.196 e. The van der Waals surface area contributed by atoms with Crippen LogP contribution >= 0.6 is 11.8 Å². The van der Waals surface area contributed by atoms with E-state index in [-0.39, 0.29) is 0 Å². The number of benzene rings is 1. The number of hydrogen-bond donors (Lipinski definition) is 0. The van der Waals surface area contributed by atoms with Crippen LogP contribution in [0.15, 0.2) is 84.5 Å². The minimum Gasteiger partial charge on any atom is -0.307 e. The first kappa shape index (κ1) is 17.6. The van der Waals surface area contributed by atoms with Crippen LogP contribution in [0.5, 0.6) is 0 Å². The van der Waals surface area contributed by atoms with E-state index in [0.29, 0.717) is 5.75 Å². The first-order chi connectivity index (χ1) is 14.3. The minimum absolute atomic E-state index is 0.711. The molecule has 29 heavy (non-hydrogen) atoms. The highest BCUT2D eigenvalue weighted by Crippen LogP contribution is 2.29. The lowest BCUT2D eigenvalue weighted by molar-refractivity contribution is 0.885. The molecule has 0 fully saturated rings. The summed E-state index contributed by atoms with van der Waals surface area (Å²) < 4.78 is 4.15. The van der Waals surface area contributed by atoms with Crippen molar-refractivity contribution in [2.45, 2.75) is 17.8 Å². The second-order valence-corrected chi connectivity index (χ2v) is 7.60. The number of thioether (sulfide) groups is 1. The van der Waals surface area contributed by atoms with E-state index in [2.05, 4.69) is 55.5 Å². The summed E-state index contributed by atoms with van der Waals surface area (Å²) in [6.07, 6.45) is 7.64. The van der Waals surface area contributed by atoms with Crippen LogP contribution in [-0.2, 0) is 5.75 Å². The molecule has 6 nitrogen and oxygen atoms in total. The van der Waals surface area contributed by atoms with E-state index in [0.717, 1.165) is 39.1 Å². The number of pyridine rings is 2. The SMILES string of the molecule is Cc1cccn2cc(CSc3nnc(-c4ccncc4)n3-c3ccccc3)nc12. The van der Waals surface area contributed by atoms with E-state index in [1.165, 1.54) is 0 Å². The molecule has 0 saturated carbocycles. The molecule has 1 aromatic carbocycles. The van der Waals surface area contributed by atoms with E-state index in [1.807, 2.05) is 42.6 Å². The fraction of sp³-hybridized carbons (Fsp3) is 0.0909. The topological polar surface area (TPSA) is 60.9 Å². The van der Waals surface area contributed by atoms with Gasteiger partial charge in [-0.1, -0.05) is 36.0 Å². The molecular weight excluding hydrogens is 380 g/mol. The first-order valence-corrected chi connectivity index (χ1v) is 10.3. The third-order valence-electron chi connectivity index (χ3n) is 4.66. The van der Waals surface area contributed by atoms with E-state index >= 15 is 0 Å². The largest absolute Gasteiger partial charge is 0.307 e. The van der Waals surface area contributed by atoms with Crippen molar-refractivity contribution in [3.05, 3.63) is 90.6 Å². The van der Waals surface area contributed by atoms with Gasteiger partial charge in [0.15, 0.2) is 11.0 Å². The Morgan fingerprint density at radius 1 is 0.931 bits per heavy atom. The van der Waals surface area contributed by atoms with Crippen molar-refractivity contribution in [3.63, 3.8) is 0 Å². The van der Waals surface area contributed by atoms with Gasteiger partial charge in [-0.3, -0.25) is 9.55 Å². The summed E-state index contributed by atoms with van der Waals surface area (Å²) in [6, 6.07) is 18.2. The molecule has 7 heteroatoms. The summed E-state index contributed by atoms with van der Waals surface area (Å²) in [4.78, 5) is 8.88. The zero-order chi connectivity index (χ0) is 19.6. The fourth-order valence-electron chi connectivity index (χ4n) is 3.27. The molecule has 5 aromatic rings. The Balaban J connectivity index is 1.51. The van der Waals surface area contributed by atoms with Gasteiger partial charge in [-0.2, -0.15) is 0 Å². The highest BCUT2D eigenvalue weighted by molar-refractivity contribution is 7.98. The average Bonchev–Trinajstić information content (AvgIpc) is 3.38. The number of para-hydroxylation sites is 1. The molecule has 0 N–H and O–H groups in total. The maximum absolute atomic E-state index is 4.77. The Morgan fingerprint density at radius 2 is 1.76 bits per heavy atom. The first-order valence-electron chi connectivity index (χ1n) is 9.27. The van der Waals surface area contributed by atoms with Gasteiger partial charge in [0, 0.05) is 41.8 Å². The minimum atomic E-state index is 0.711. The van der Waals surface area contributed by atoms with Crippen molar-refractivity contribution in [2.75, 3.05) is 0 Å². The lowest BCUT2D eigenvalue weighted by Crippen LogP contribution is -1.99. The van der Waals surface area contributed by atoms with Crippen molar-refractivity contribution in [3.8, 4) is 17.1 Å². The number of nitrogens with zero attached hydrogens (tertiary/aromatic N) is 6. The molecule has 0 aliphatic rings. The highest BCUT2D eigenvalue weighted by atomic mass is 32.2. The Kier molecular flexibility index (Phi) is 4.57. The third kappa shape index (κ3) is 3.40. The van der Waals surface area contributed by atoms with Gasteiger partial charge in [0.25, 0.3) is 0 Å². The number of rotatable bonds is 5. The molecule has 0 saturated heterocycles. The Labute approximate surface area is 172 Å². The van der Waals surface area contributed by atoms with Crippen LogP contribution in [0.2, 0.25) is 0 Å². The molecule has 4 aromatic heterocycles. The number of fused-ring (bicyclic) bond motifs is 1. The molecule has 0 amide bonds. The molecule has 0 aliphatic heterocycles. The van der Waals surface area contributed by atoms with Gasteiger partial charge in [-0.15, -0.1) is 10.2 Å². The molecule has 0 aliphatic carbocycles. The number of hydrogen-bond acceptors (Lipinski definition) is 5. The molecule has 0 unspecified atom stereocenters. The van der Waals surface area contributed by atoms with Crippen molar-refractivity contribution < 1.29 is 0 Å². The van der Waals surface area contributed by atoms with Crippen molar-refractivity contribution in [1.82, 2.24) is 29.1 Å². The van der Waals surface area contributed by atoms with Gasteiger partial charge in [0.05, 0.1) is 5.69 Å². The molecule has 4 heterocycles. The van der Waals surface area contributed by atoms with Crippen molar-refractivity contribution >= 4 is 17.4 Å². The second-order valence-electron chi connectivity index (χ2n) is 6.66. The number of imidazole rings is 1. The Morgan fingerprint density at radius 3 is 2.55 bits per heavy atom. The molecule has 0 spiro atoms. The molecule has 0 atom stereocenters. The van der Waals surface area contributed by atoms with Gasteiger partial charge >= 0.3 is 0 Å². The number of aryl methyl sites for hydroxylation is 1. The quantitative estimate of drug-likeness (QED) is 0.406. The second kappa shape index (κ2) is 7.52. The van der Waals surface area contributed by atoms with Crippen LogP contribution in [0.4, 0.5) is 0 Å². The summed E-state index contributed by atoms with van der Waals surface area (Å²) in [5, 5.41) is 9.78. The predicted octanol–water partition coefficient (Wildman–Crippen LogP) is 4.58. The fourth-order valence-corrected chi connectivity index (χ4v) is 4.11. The van der Waals surface area contributed by atoms with Crippen LogP contribution in [0, 0.1) is 6.92 Å². The van der Waals surface area contributed by atoms with Gasteiger partial charge in [0.1, 0.15) is 5.65 Å². The summed E-state index contributed by atoms with van der Waals surface area (Å²) in [5.74, 6) is 1.51. The molecule has 142 valence electrons. The van der Waals surface area contributed by atoms with Crippen LogP contribution in [-0.4, -0.2) is 29.1 Å². The van der Waals surface area contributed by atoms with Crippen molar-refractivity contribution in [2.24, 2.45) is 0 Å². The van der Waals surface area contributed by atoms with Gasteiger partial charge < -0.3 is 4.40 Å². The zero-order valence-electron chi connectivity index (χ0n) is 15.8. The van der Waals surface area contributed by atoms with Crippen LogP contribution in [0.3, 0.4) is 0 Å². The van der Waals surface area contributed by atoms with E-state index in [4.69, 9.17) is 4.98 Å². The maximum atomic E-state index is 4.77. The molecular formula is C22H18N6S. The summed E-state index contributed by atoms with van der Waals surface area (Å²) in [5.41, 5.74) is 5.17. The zero-order valence-corrected chi connectivity index (χ0v) is 16.6. The smallest absolute Gasteiger partial charge is 0.196 e. The van der Waals surface area contributed by atoms with Gasteiger partial charge in [-0.05, 0) is 42.8 Å². The van der Waals surface area contributed by atoms with Crippen LogP contribution < -0.4 is 0 Å². The van der Waals surface area contributed by atoms with Gasteiger partial charge in [-0.25, -0.2) is 4.98 Å². The standard InChI is InChI=1S/C22H18N6S/c1-16-6-5-13-27-14-18(24-20(16)27)15-29-22-26-25-21(17-9-11-23-12-10-17)28(22)19-7-3-2-4-8-19/h2-14H,15H2,1H3. The average molecular weight is 398 g/mol. The van der Waals surface area contributed by atoms with E-state index < -0.39 is 0 Å². The van der Waals surface area contributed by atoms with Crippen LogP contribution in [0.1, 0.15) is 11.3 Å². The third-order valence-corrected chi connectivity index (χ3v) is 5.63.